The number of carbonyl (C=O) groups is 2. The molecule has 1 saturated heterocycles. The Morgan fingerprint density at radius 1 is 1.08 bits per heavy atom. The highest BCUT2D eigenvalue weighted by Crippen LogP contribution is 2.22. The number of methoxy groups -OCH3 is 1. The van der Waals surface area contributed by atoms with Crippen LogP contribution in [0.3, 0.4) is 0 Å². The number of para-hydroxylation sites is 1. The normalized spacial score (nSPS) is 15.5. The summed E-state index contributed by atoms with van der Waals surface area (Å²) >= 11 is 0. The third-order valence-corrected chi connectivity index (χ3v) is 6.57. The average Bonchev–Trinajstić information content (AvgIpc) is 2.91. The molecule has 1 fully saturated rings. The summed E-state index contributed by atoms with van der Waals surface area (Å²) in [7, 11) is 3.47. The van der Waals surface area contributed by atoms with Crippen molar-refractivity contribution in [3.05, 3.63) is 71.6 Å². The topological polar surface area (TPSA) is 97.8 Å². The summed E-state index contributed by atoms with van der Waals surface area (Å²) in [6, 6.07) is 17.6. The first kappa shape index (κ1) is 26.9. The van der Waals surface area contributed by atoms with E-state index in [0.717, 1.165) is 22.6 Å². The van der Waals surface area contributed by atoms with Gasteiger partial charge in [0.25, 0.3) is 0 Å². The van der Waals surface area contributed by atoms with E-state index in [9.17, 15) is 9.59 Å². The second kappa shape index (κ2) is 12.9. The number of rotatable bonds is 10. The first-order valence-electron chi connectivity index (χ1n) is 12.3. The number of anilines is 2. The maximum absolute atomic E-state index is 12.9. The summed E-state index contributed by atoms with van der Waals surface area (Å²) in [5, 5.41) is 14.7. The third-order valence-electron chi connectivity index (χ3n) is 6.57. The number of ether oxygens (including phenoxy) is 1. The van der Waals surface area contributed by atoms with Crippen molar-refractivity contribution >= 4 is 29.4 Å². The van der Waals surface area contributed by atoms with Gasteiger partial charge < -0.3 is 30.6 Å². The summed E-state index contributed by atoms with van der Waals surface area (Å²) in [5.74, 6) is 0.161. The van der Waals surface area contributed by atoms with Gasteiger partial charge in [0.2, 0.25) is 11.8 Å². The smallest absolute Gasteiger partial charge is 0.225 e. The maximum atomic E-state index is 12.9. The number of carbonyl (C=O) groups excluding carboxylic acids is 2. The Hall–Kier alpha value is -3.65. The van der Waals surface area contributed by atoms with Crippen molar-refractivity contribution in [2.24, 2.45) is 5.92 Å². The van der Waals surface area contributed by atoms with Crippen LogP contribution in [0.15, 0.2) is 66.0 Å². The van der Waals surface area contributed by atoms with Crippen LogP contribution in [0.25, 0.3) is 0 Å². The summed E-state index contributed by atoms with van der Waals surface area (Å²) < 4.78 is 5.54. The second-order valence-electron chi connectivity index (χ2n) is 9.14. The molecule has 2 amide bonds. The largest absolute Gasteiger partial charge is 0.375 e. The number of likely N-dealkylation sites (tertiary alicyclic amines) is 1. The molecule has 0 saturated carbocycles. The Labute approximate surface area is 213 Å². The van der Waals surface area contributed by atoms with E-state index >= 15 is 0 Å². The van der Waals surface area contributed by atoms with Crippen molar-refractivity contribution in [2.75, 3.05) is 37.9 Å². The van der Waals surface area contributed by atoms with Gasteiger partial charge in [-0.25, -0.2) is 0 Å². The molecule has 0 aromatic heterocycles. The molecule has 1 aliphatic rings. The fraction of sp³-hybridized carbons (Fsp3) is 0.393. The van der Waals surface area contributed by atoms with Crippen LogP contribution in [0.4, 0.5) is 11.4 Å². The predicted molar refractivity (Wildman–Crippen MR) is 144 cm³/mol. The molecule has 1 atom stereocenters. The minimum atomic E-state index is -0.254. The Bertz CT molecular complexity index is 1060. The number of hydrogen-bond acceptors (Lipinski definition) is 6. The van der Waals surface area contributed by atoms with E-state index in [-0.39, 0.29) is 23.8 Å². The SMILES string of the molecule is CO[C@@H](C)/C(Nc1ccccc1)=C(/C=N)Nc1ccc(CN(C)C(=O)C2CCN(C(C)=O)CC2)cc1. The van der Waals surface area contributed by atoms with Gasteiger partial charge in [-0.1, -0.05) is 30.3 Å². The maximum Gasteiger partial charge on any atom is 0.225 e. The van der Waals surface area contributed by atoms with Gasteiger partial charge >= 0.3 is 0 Å². The highest BCUT2D eigenvalue weighted by molar-refractivity contribution is 5.83. The van der Waals surface area contributed by atoms with E-state index in [0.29, 0.717) is 38.2 Å². The van der Waals surface area contributed by atoms with E-state index in [1.807, 2.05) is 68.6 Å². The van der Waals surface area contributed by atoms with Crippen LogP contribution in [0.2, 0.25) is 0 Å². The van der Waals surface area contributed by atoms with Crippen LogP contribution >= 0.6 is 0 Å². The quantitative estimate of drug-likeness (QED) is 0.430. The third kappa shape index (κ3) is 7.18. The number of allylic oxidation sites excluding steroid dienone is 1. The first-order chi connectivity index (χ1) is 17.3. The molecule has 2 aromatic rings. The van der Waals surface area contributed by atoms with Gasteiger partial charge in [0.15, 0.2) is 0 Å². The zero-order valence-electron chi connectivity index (χ0n) is 21.6. The fourth-order valence-electron chi connectivity index (χ4n) is 4.32. The molecular weight excluding hydrogens is 454 g/mol. The molecule has 3 rings (SSSR count). The van der Waals surface area contributed by atoms with Gasteiger partial charge in [0.05, 0.1) is 17.5 Å². The Balaban J connectivity index is 1.64. The van der Waals surface area contributed by atoms with Crippen molar-refractivity contribution in [3.8, 4) is 0 Å². The summed E-state index contributed by atoms with van der Waals surface area (Å²) in [5.41, 5.74) is 4.12. The van der Waals surface area contributed by atoms with Crippen molar-refractivity contribution in [3.63, 3.8) is 0 Å². The molecular formula is C28H37N5O3. The molecule has 1 aliphatic heterocycles. The van der Waals surface area contributed by atoms with Crippen LogP contribution in [0.1, 0.15) is 32.3 Å². The molecule has 8 nitrogen and oxygen atoms in total. The van der Waals surface area contributed by atoms with Gasteiger partial charge in [-0.2, -0.15) is 0 Å². The first-order valence-corrected chi connectivity index (χ1v) is 12.3. The summed E-state index contributed by atoms with van der Waals surface area (Å²) in [6.45, 7) is 5.31. The predicted octanol–water partition coefficient (Wildman–Crippen LogP) is 4.32. The van der Waals surface area contributed by atoms with Crippen LogP contribution in [-0.2, 0) is 20.9 Å². The molecule has 3 N–H and O–H groups in total. The van der Waals surface area contributed by atoms with Crippen LogP contribution < -0.4 is 10.6 Å². The Morgan fingerprint density at radius 2 is 1.69 bits per heavy atom. The lowest BCUT2D eigenvalue weighted by Crippen LogP contribution is -2.42. The Morgan fingerprint density at radius 3 is 2.25 bits per heavy atom. The molecule has 0 bridgehead atoms. The highest BCUT2D eigenvalue weighted by atomic mass is 16.5. The molecule has 36 heavy (non-hydrogen) atoms. The lowest BCUT2D eigenvalue weighted by molar-refractivity contribution is -0.139. The number of piperidine rings is 1. The number of amides is 2. The molecule has 0 radical (unpaired) electrons. The zero-order chi connectivity index (χ0) is 26.1. The number of nitrogens with one attached hydrogen (secondary N) is 3. The number of hydrogen-bond donors (Lipinski definition) is 3. The molecule has 2 aromatic carbocycles. The van der Waals surface area contributed by atoms with Gasteiger partial charge in [-0.15, -0.1) is 0 Å². The molecule has 1 heterocycles. The lowest BCUT2D eigenvalue weighted by atomic mass is 9.95. The average molecular weight is 492 g/mol. The molecule has 0 aliphatic carbocycles. The highest BCUT2D eigenvalue weighted by Gasteiger charge is 2.28. The second-order valence-corrected chi connectivity index (χ2v) is 9.14. The monoisotopic (exact) mass is 491 g/mol. The molecule has 192 valence electrons. The van der Waals surface area contributed by atoms with Crippen molar-refractivity contribution in [1.82, 2.24) is 9.80 Å². The van der Waals surface area contributed by atoms with E-state index in [1.165, 1.54) is 6.21 Å². The summed E-state index contributed by atoms with van der Waals surface area (Å²) in [6.07, 6.45) is 2.45. The van der Waals surface area contributed by atoms with E-state index < -0.39 is 0 Å². The Kier molecular flexibility index (Phi) is 9.64. The van der Waals surface area contributed by atoms with Crippen molar-refractivity contribution < 1.29 is 14.3 Å². The fourth-order valence-corrected chi connectivity index (χ4v) is 4.32. The van der Waals surface area contributed by atoms with Crippen LogP contribution in [0.5, 0.6) is 0 Å². The molecule has 0 unspecified atom stereocenters. The summed E-state index contributed by atoms with van der Waals surface area (Å²) in [4.78, 5) is 28.0. The molecule has 8 heteroatoms. The minimum Gasteiger partial charge on any atom is -0.375 e. The van der Waals surface area contributed by atoms with Gasteiger partial charge in [0.1, 0.15) is 0 Å². The lowest BCUT2D eigenvalue weighted by Gasteiger charge is -2.32. The molecule has 0 spiro atoms. The van der Waals surface area contributed by atoms with Crippen molar-refractivity contribution in [1.29, 1.82) is 5.41 Å². The van der Waals surface area contributed by atoms with E-state index in [2.05, 4.69) is 10.6 Å². The van der Waals surface area contributed by atoms with Gasteiger partial charge in [0, 0.05) is 64.2 Å². The van der Waals surface area contributed by atoms with Crippen LogP contribution in [0, 0.1) is 11.3 Å². The van der Waals surface area contributed by atoms with Crippen LogP contribution in [-0.4, -0.2) is 61.2 Å². The van der Waals surface area contributed by atoms with E-state index in [4.69, 9.17) is 10.1 Å². The van der Waals surface area contributed by atoms with E-state index in [1.54, 1.807) is 23.8 Å². The standard InChI is InChI=1S/C28H37N5O3/c1-20(36-4)27(31-24-8-6-5-7-9-24)26(18-29)30-25-12-10-22(11-13-25)19-32(3)28(35)23-14-16-33(17-15-23)21(2)34/h5-13,18,20,23,29-31H,14-17,19H2,1-4H3/b27-26+,29-18?/t20-/m0/s1. The van der Waals surface area contributed by atoms with Gasteiger partial charge in [-0.3, -0.25) is 9.59 Å². The number of nitrogens with zero attached hydrogens (tertiary/aromatic N) is 2. The zero-order valence-corrected chi connectivity index (χ0v) is 21.6. The van der Waals surface area contributed by atoms with Gasteiger partial charge in [-0.05, 0) is 49.6 Å². The van der Waals surface area contributed by atoms with Crippen molar-refractivity contribution in [2.45, 2.75) is 39.3 Å². The minimum absolute atomic E-state index is 0.0369. The number of benzene rings is 2.